The van der Waals surface area contributed by atoms with Gasteiger partial charge in [0.25, 0.3) is 11.8 Å². The molecular formula is C34H34N4O4. The lowest BCUT2D eigenvalue weighted by atomic mass is 10.1. The molecule has 0 atom stereocenters. The number of para-hydroxylation sites is 2. The van der Waals surface area contributed by atoms with Gasteiger partial charge in [0, 0.05) is 34.3 Å². The Morgan fingerprint density at radius 2 is 1.00 bits per heavy atom. The van der Waals surface area contributed by atoms with Crippen molar-refractivity contribution in [3.05, 3.63) is 96.3 Å². The number of carbonyl (C=O) groups excluding carboxylic acids is 2. The first kappa shape index (κ1) is 28.5. The molecular weight excluding hydrogens is 528 g/mol. The molecule has 2 aromatic heterocycles. The minimum atomic E-state index is -0.385. The van der Waals surface area contributed by atoms with E-state index in [0.717, 1.165) is 0 Å². The van der Waals surface area contributed by atoms with Gasteiger partial charge in [-0.3, -0.25) is 9.59 Å². The first-order valence-corrected chi connectivity index (χ1v) is 14.1. The molecule has 8 heteroatoms. The van der Waals surface area contributed by atoms with Crippen molar-refractivity contribution in [3.8, 4) is 11.5 Å². The molecule has 5 rings (SSSR count). The molecule has 3 aromatic carbocycles. The summed E-state index contributed by atoms with van der Waals surface area (Å²) in [5.41, 5.74) is 2.52. The standard InChI is InChI=1S/C34H34N4O4/c1-21(2)19-41-29-17-27(33(39)35-23-11-7-5-8-12-23)37-31-25(29)15-16-26-30(42-20-22(3)4)18-28(38-32(26)31)34(40)36-24-13-9-6-10-14-24/h5-18,21-22H,19-20H2,1-4H3,(H,35,39)(H,36,40). The molecule has 0 fully saturated rings. The van der Waals surface area contributed by atoms with Crippen LogP contribution in [0, 0.1) is 11.8 Å². The number of amides is 2. The Morgan fingerprint density at radius 3 is 1.36 bits per heavy atom. The largest absolute Gasteiger partial charge is 0.493 e. The normalized spacial score (nSPS) is 11.2. The fourth-order valence-electron chi connectivity index (χ4n) is 4.33. The van der Waals surface area contributed by atoms with Crippen LogP contribution in [-0.2, 0) is 0 Å². The molecule has 0 bridgehead atoms. The van der Waals surface area contributed by atoms with Crippen molar-refractivity contribution in [2.75, 3.05) is 23.8 Å². The average Bonchev–Trinajstić information content (AvgIpc) is 2.99. The predicted octanol–water partition coefficient (Wildman–Crippen LogP) is 7.36. The zero-order chi connectivity index (χ0) is 29.6. The van der Waals surface area contributed by atoms with Crippen molar-refractivity contribution in [2.24, 2.45) is 11.8 Å². The number of fused-ring (bicyclic) bond motifs is 3. The summed E-state index contributed by atoms with van der Waals surface area (Å²) >= 11 is 0. The molecule has 2 heterocycles. The molecule has 0 saturated carbocycles. The third-order valence-corrected chi connectivity index (χ3v) is 6.36. The van der Waals surface area contributed by atoms with E-state index < -0.39 is 0 Å². The van der Waals surface area contributed by atoms with Crippen LogP contribution in [0.4, 0.5) is 11.4 Å². The lowest BCUT2D eigenvalue weighted by Crippen LogP contribution is -2.16. The number of nitrogens with zero attached hydrogens (tertiary/aromatic N) is 2. The van der Waals surface area contributed by atoms with Gasteiger partial charge < -0.3 is 20.1 Å². The highest BCUT2D eigenvalue weighted by molar-refractivity contribution is 6.12. The number of rotatable bonds is 10. The van der Waals surface area contributed by atoms with Crippen LogP contribution < -0.4 is 20.1 Å². The number of nitrogens with one attached hydrogen (secondary N) is 2. The van der Waals surface area contributed by atoms with Gasteiger partial charge in [-0.25, -0.2) is 9.97 Å². The summed E-state index contributed by atoms with van der Waals surface area (Å²) in [7, 11) is 0. The van der Waals surface area contributed by atoms with Crippen LogP contribution in [0.3, 0.4) is 0 Å². The maximum absolute atomic E-state index is 13.4. The van der Waals surface area contributed by atoms with Crippen LogP contribution in [0.25, 0.3) is 21.8 Å². The highest BCUT2D eigenvalue weighted by Gasteiger charge is 2.20. The monoisotopic (exact) mass is 562 g/mol. The second-order valence-corrected chi connectivity index (χ2v) is 10.9. The van der Waals surface area contributed by atoms with Crippen LogP contribution >= 0.6 is 0 Å². The molecule has 214 valence electrons. The van der Waals surface area contributed by atoms with Crippen LogP contribution in [0.15, 0.2) is 84.9 Å². The van der Waals surface area contributed by atoms with E-state index in [1.807, 2.05) is 72.8 Å². The van der Waals surface area contributed by atoms with Crippen molar-refractivity contribution >= 4 is 45.0 Å². The van der Waals surface area contributed by atoms with Crippen LogP contribution in [0.2, 0.25) is 0 Å². The quantitative estimate of drug-likeness (QED) is 0.173. The highest BCUT2D eigenvalue weighted by Crippen LogP contribution is 2.35. The number of pyridine rings is 2. The van der Waals surface area contributed by atoms with Gasteiger partial charge >= 0.3 is 0 Å². The maximum atomic E-state index is 13.4. The number of anilines is 2. The Labute approximate surface area is 245 Å². The smallest absolute Gasteiger partial charge is 0.274 e. The van der Waals surface area contributed by atoms with Gasteiger partial charge in [-0.2, -0.15) is 0 Å². The number of carbonyl (C=O) groups is 2. The van der Waals surface area contributed by atoms with Crippen LogP contribution in [0.5, 0.6) is 11.5 Å². The zero-order valence-electron chi connectivity index (χ0n) is 24.2. The number of hydrogen-bond donors (Lipinski definition) is 2. The van der Waals surface area contributed by atoms with E-state index in [1.54, 1.807) is 12.1 Å². The summed E-state index contributed by atoms with van der Waals surface area (Å²) < 4.78 is 12.4. The van der Waals surface area contributed by atoms with Crippen molar-refractivity contribution in [3.63, 3.8) is 0 Å². The number of benzene rings is 3. The number of ether oxygens (including phenoxy) is 2. The van der Waals surface area contributed by atoms with E-state index in [-0.39, 0.29) is 35.0 Å². The van der Waals surface area contributed by atoms with E-state index in [2.05, 4.69) is 38.3 Å². The minimum absolute atomic E-state index is 0.170. The maximum Gasteiger partial charge on any atom is 0.274 e. The van der Waals surface area contributed by atoms with E-state index in [4.69, 9.17) is 19.4 Å². The fraction of sp³-hybridized carbons (Fsp3) is 0.235. The van der Waals surface area contributed by atoms with E-state index in [9.17, 15) is 9.59 Å². The molecule has 5 aromatic rings. The average molecular weight is 563 g/mol. The molecule has 0 aliphatic carbocycles. The minimum Gasteiger partial charge on any atom is -0.493 e. The Bertz CT molecular complexity index is 1590. The molecule has 0 radical (unpaired) electrons. The first-order chi connectivity index (χ1) is 20.3. The Hall–Kier alpha value is -4.98. The Kier molecular flexibility index (Phi) is 8.62. The molecule has 0 saturated heterocycles. The second kappa shape index (κ2) is 12.7. The first-order valence-electron chi connectivity index (χ1n) is 14.1. The van der Waals surface area contributed by atoms with Crippen LogP contribution in [-0.4, -0.2) is 35.0 Å². The Balaban J connectivity index is 1.68. The SMILES string of the molecule is CC(C)COc1cc(C(=O)Nc2ccccc2)nc2c1ccc1c(OCC(C)C)cc(C(=O)Nc3ccccc3)nc12. The summed E-state index contributed by atoms with van der Waals surface area (Å²) in [6.07, 6.45) is 0. The van der Waals surface area contributed by atoms with Gasteiger partial charge in [0.2, 0.25) is 0 Å². The lowest BCUT2D eigenvalue weighted by molar-refractivity contribution is 0.101. The van der Waals surface area contributed by atoms with Gasteiger partial charge in [0.05, 0.1) is 13.2 Å². The highest BCUT2D eigenvalue weighted by atomic mass is 16.5. The molecule has 2 N–H and O–H groups in total. The van der Waals surface area contributed by atoms with Crippen LogP contribution in [0.1, 0.15) is 48.7 Å². The van der Waals surface area contributed by atoms with Gasteiger partial charge in [-0.1, -0.05) is 64.1 Å². The third kappa shape index (κ3) is 6.66. The van der Waals surface area contributed by atoms with Gasteiger partial charge in [0.15, 0.2) is 0 Å². The summed E-state index contributed by atoms with van der Waals surface area (Å²) in [5.74, 6) is 0.779. The third-order valence-electron chi connectivity index (χ3n) is 6.36. The summed E-state index contributed by atoms with van der Waals surface area (Å²) in [6.45, 7) is 9.12. The number of hydrogen-bond acceptors (Lipinski definition) is 6. The fourth-order valence-corrected chi connectivity index (χ4v) is 4.33. The summed E-state index contributed by atoms with van der Waals surface area (Å²) in [5, 5.41) is 7.16. The predicted molar refractivity (Wildman–Crippen MR) is 167 cm³/mol. The molecule has 2 amide bonds. The van der Waals surface area contributed by atoms with Gasteiger partial charge in [0.1, 0.15) is 33.9 Å². The molecule has 8 nitrogen and oxygen atoms in total. The van der Waals surface area contributed by atoms with Crippen molar-refractivity contribution in [1.82, 2.24) is 9.97 Å². The van der Waals surface area contributed by atoms with Crippen molar-refractivity contribution < 1.29 is 19.1 Å². The summed E-state index contributed by atoms with van der Waals surface area (Å²) in [6, 6.07) is 25.5. The van der Waals surface area contributed by atoms with E-state index in [1.165, 1.54) is 0 Å². The van der Waals surface area contributed by atoms with Gasteiger partial charge in [-0.05, 0) is 48.2 Å². The Morgan fingerprint density at radius 1 is 0.619 bits per heavy atom. The lowest BCUT2D eigenvalue weighted by Gasteiger charge is -2.16. The molecule has 0 unspecified atom stereocenters. The molecule has 0 spiro atoms. The topological polar surface area (TPSA) is 102 Å². The summed E-state index contributed by atoms with van der Waals surface area (Å²) in [4.78, 5) is 36.3. The van der Waals surface area contributed by atoms with Crippen molar-refractivity contribution in [1.29, 1.82) is 0 Å². The second-order valence-electron chi connectivity index (χ2n) is 10.9. The molecule has 42 heavy (non-hydrogen) atoms. The van der Waals surface area contributed by atoms with Gasteiger partial charge in [-0.15, -0.1) is 0 Å². The zero-order valence-corrected chi connectivity index (χ0v) is 24.2. The van der Waals surface area contributed by atoms with E-state index >= 15 is 0 Å². The number of aromatic nitrogens is 2. The molecule has 0 aliphatic rings. The van der Waals surface area contributed by atoms with Crippen molar-refractivity contribution in [2.45, 2.75) is 27.7 Å². The van der Waals surface area contributed by atoms with E-state index in [0.29, 0.717) is 57.9 Å². The molecule has 0 aliphatic heterocycles.